The van der Waals surface area contributed by atoms with Gasteiger partial charge in [0.05, 0.1) is 13.5 Å². The van der Waals surface area contributed by atoms with Gasteiger partial charge in [-0.25, -0.2) is 4.98 Å². The number of carboxylic acid groups (broad SMARTS) is 1. The molecule has 0 spiro atoms. The number of hydrogen-bond acceptors (Lipinski definition) is 4. The van der Waals surface area contributed by atoms with E-state index in [0.717, 1.165) is 5.56 Å². The van der Waals surface area contributed by atoms with E-state index in [1.165, 1.54) is 0 Å². The zero-order valence-corrected chi connectivity index (χ0v) is 9.43. The Hall–Kier alpha value is -1.62. The van der Waals surface area contributed by atoms with E-state index in [1.807, 2.05) is 13.0 Å². The van der Waals surface area contributed by atoms with Crippen LogP contribution >= 0.6 is 0 Å². The van der Waals surface area contributed by atoms with Gasteiger partial charge in [0.15, 0.2) is 0 Å². The van der Waals surface area contributed by atoms with Crippen molar-refractivity contribution in [1.29, 1.82) is 0 Å². The quantitative estimate of drug-likeness (QED) is 0.755. The molecule has 0 radical (unpaired) electrons. The molecule has 0 bridgehead atoms. The molecule has 5 nitrogen and oxygen atoms in total. The van der Waals surface area contributed by atoms with Crippen LogP contribution in [0.25, 0.3) is 0 Å². The van der Waals surface area contributed by atoms with Gasteiger partial charge < -0.3 is 15.2 Å². The summed E-state index contributed by atoms with van der Waals surface area (Å²) >= 11 is 0. The molecule has 1 aromatic rings. The molecule has 0 aliphatic heterocycles. The van der Waals surface area contributed by atoms with Crippen LogP contribution in [0.4, 0.5) is 0 Å². The molecule has 0 saturated carbocycles. The first-order chi connectivity index (χ1) is 7.61. The number of pyridine rings is 1. The van der Waals surface area contributed by atoms with Crippen LogP contribution in [0.15, 0.2) is 18.3 Å². The van der Waals surface area contributed by atoms with E-state index in [1.54, 1.807) is 19.4 Å². The fourth-order valence-electron chi connectivity index (χ4n) is 1.26. The number of carbonyl (C=O) groups is 1. The lowest BCUT2D eigenvalue weighted by molar-refractivity contribution is -0.137. The van der Waals surface area contributed by atoms with Crippen molar-refractivity contribution in [2.24, 2.45) is 0 Å². The van der Waals surface area contributed by atoms with Gasteiger partial charge in [-0.1, -0.05) is 6.07 Å². The summed E-state index contributed by atoms with van der Waals surface area (Å²) in [6.45, 7) is 2.44. The molecule has 88 valence electrons. The third-order valence-corrected chi connectivity index (χ3v) is 2.14. The van der Waals surface area contributed by atoms with Crippen molar-refractivity contribution in [3.63, 3.8) is 0 Å². The highest BCUT2D eigenvalue weighted by molar-refractivity contribution is 5.67. The Morgan fingerprint density at radius 2 is 2.38 bits per heavy atom. The Kier molecular flexibility index (Phi) is 4.72. The molecule has 2 N–H and O–H groups in total. The number of aromatic nitrogens is 1. The predicted octanol–water partition coefficient (Wildman–Crippen LogP) is 1.04. The number of nitrogens with one attached hydrogen (secondary N) is 1. The topological polar surface area (TPSA) is 71.5 Å². The molecule has 0 aliphatic carbocycles. The third-order valence-electron chi connectivity index (χ3n) is 2.14. The van der Waals surface area contributed by atoms with Gasteiger partial charge in [0.1, 0.15) is 0 Å². The number of hydrogen-bond donors (Lipinski definition) is 2. The average molecular weight is 224 g/mol. The molecule has 0 saturated heterocycles. The SMILES string of the molecule is COc1ccc(CNC(C)CC(=O)O)cn1. The zero-order chi connectivity index (χ0) is 12.0. The van der Waals surface area contributed by atoms with Gasteiger partial charge in [0.25, 0.3) is 0 Å². The van der Waals surface area contributed by atoms with Gasteiger partial charge in [-0.15, -0.1) is 0 Å². The first-order valence-corrected chi connectivity index (χ1v) is 5.06. The zero-order valence-electron chi connectivity index (χ0n) is 9.43. The van der Waals surface area contributed by atoms with Gasteiger partial charge in [-0.05, 0) is 12.5 Å². The first-order valence-electron chi connectivity index (χ1n) is 5.06. The molecule has 0 aromatic carbocycles. The molecule has 1 aromatic heterocycles. The number of nitrogens with zero attached hydrogens (tertiary/aromatic N) is 1. The van der Waals surface area contributed by atoms with E-state index in [-0.39, 0.29) is 12.5 Å². The van der Waals surface area contributed by atoms with E-state index < -0.39 is 5.97 Å². The van der Waals surface area contributed by atoms with E-state index in [9.17, 15) is 4.79 Å². The largest absolute Gasteiger partial charge is 0.481 e. The van der Waals surface area contributed by atoms with E-state index in [4.69, 9.17) is 9.84 Å². The molecule has 1 heterocycles. The minimum atomic E-state index is -0.798. The Labute approximate surface area is 94.5 Å². The van der Waals surface area contributed by atoms with Gasteiger partial charge in [0, 0.05) is 24.8 Å². The van der Waals surface area contributed by atoms with Crippen LogP contribution in [0.5, 0.6) is 5.88 Å². The first kappa shape index (κ1) is 12.4. The predicted molar refractivity (Wildman–Crippen MR) is 59.3 cm³/mol. The second-order valence-electron chi connectivity index (χ2n) is 3.59. The summed E-state index contributed by atoms with van der Waals surface area (Å²) in [7, 11) is 1.56. The molecule has 5 heteroatoms. The molecule has 16 heavy (non-hydrogen) atoms. The minimum absolute atomic E-state index is 0.0559. The molecular formula is C11H16N2O3. The molecule has 0 fully saturated rings. The highest BCUT2D eigenvalue weighted by Gasteiger charge is 2.06. The lowest BCUT2D eigenvalue weighted by atomic mass is 10.2. The average Bonchev–Trinajstić information content (AvgIpc) is 2.26. The van der Waals surface area contributed by atoms with E-state index in [2.05, 4.69) is 10.3 Å². The van der Waals surface area contributed by atoms with Crippen LogP contribution in [0, 0.1) is 0 Å². The summed E-state index contributed by atoms with van der Waals surface area (Å²) in [4.78, 5) is 14.5. The Bertz CT molecular complexity index is 338. The lowest BCUT2D eigenvalue weighted by Gasteiger charge is -2.11. The fourth-order valence-corrected chi connectivity index (χ4v) is 1.26. The summed E-state index contributed by atoms with van der Waals surface area (Å²) in [6, 6.07) is 3.62. The summed E-state index contributed by atoms with van der Waals surface area (Å²) in [5.41, 5.74) is 0.998. The molecular weight excluding hydrogens is 208 g/mol. The van der Waals surface area contributed by atoms with Crippen LogP contribution < -0.4 is 10.1 Å². The van der Waals surface area contributed by atoms with Gasteiger partial charge >= 0.3 is 5.97 Å². The van der Waals surface area contributed by atoms with Crippen molar-refractivity contribution >= 4 is 5.97 Å². The maximum absolute atomic E-state index is 10.4. The van der Waals surface area contributed by atoms with Gasteiger partial charge in [-0.2, -0.15) is 0 Å². The van der Waals surface area contributed by atoms with Gasteiger partial charge in [0.2, 0.25) is 5.88 Å². The highest BCUT2D eigenvalue weighted by atomic mass is 16.5. The molecule has 1 rings (SSSR count). The number of rotatable bonds is 6. The fraction of sp³-hybridized carbons (Fsp3) is 0.455. The third kappa shape index (κ3) is 4.27. The van der Waals surface area contributed by atoms with Crippen molar-refractivity contribution in [1.82, 2.24) is 10.3 Å². The Morgan fingerprint density at radius 1 is 1.62 bits per heavy atom. The molecule has 1 unspecified atom stereocenters. The van der Waals surface area contributed by atoms with E-state index >= 15 is 0 Å². The van der Waals surface area contributed by atoms with Crippen LogP contribution in [0.3, 0.4) is 0 Å². The van der Waals surface area contributed by atoms with Crippen molar-refractivity contribution < 1.29 is 14.6 Å². The summed E-state index contributed by atoms with van der Waals surface area (Å²) < 4.78 is 4.94. The molecule has 0 aliphatic rings. The van der Waals surface area contributed by atoms with Crippen LogP contribution in [0.1, 0.15) is 18.9 Å². The second-order valence-corrected chi connectivity index (χ2v) is 3.59. The Balaban J connectivity index is 2.39. The lowest BCUT2D eigenvalue weighted by Crippen LogP contribution is -2.27. The smallest absolute Gasteiger partial charge is 0.304 e. The summed E-state index contributed by atoms with van der Waals surface area (Å²) in [5.74, 6) is -0.227. The van der Waals surface area contributed by atoms with Crippen LogP contribution in [-0.2, 0) is 11.3 Å². The minimum Gasteiger partial charge on any atom is -0.481 e. The van der Waals surface area contributed by atoms with Crippen LogP contribution in [0.2, 0.25) is 0 Å². The summed E-state index contributed by atoms with van der Waals surface area (Å²) in [5, 5.41) is 11.7. The Morgan fingerprint density at radius 3 is 2.88 bits per heavy atom. The van der Waals surface area contributed by atoms with Crippen molar-refractivity contribution in [3.05, 3.63) is 23.9 Å². The summed E-state index contributed by atoms with van der Waals surface area (Å²) in [6.07, 6.45) is 1.82. The standard InChI is InChI=1S/C11H16N2O3/c1-8(5-11(14)15)12-6-9-3-4-10(16-2)13-7-9/h3-4,7-8,12H,5-6H2,1-2H3,(H,14,15). The number of carboxylic acids is 1. The van der Waals surface area contributed by atoms with Crippen molar-refractivity contribution in [2.75, 3.05) is 7.11 Å². The van der Waals surface area contributed by atoms with Crippen LogP contribution in [-0.4, -0.2) is 29.2 Å². The van der Waals surface area contributed by atoms with Gasteiger partial charge in [-0.3, -0.25) is 4.79 Å². The normalized spacial score (nSPS) is 12.1. The number of methoxy groups -OCH3 is 1. The number of aliphatic carboxylic acids is 1. The van der Waals surface area contributed by atoms with Crippen molar-refractivity contribution in [3.8, 4) is 5.88 Å². The molecule has 0 amide bonds. The number of ether oxygens (including phenoxy) is 1. The molecule has 1 atom stereocenters. The van der Waals surface area contributed by atoms with Crippen molar-refractivity contribution in [2.45, 2.75) is 25.9 Å². The highest BCUT2D eigenvalue weighted by Crippen LogP contribution is 2.06. The maximum Gasteiger partial charge on any atom is 0.304 e. The maximum atomic E-state index is 10.4. The van der Waals surface area contributed by atoms with E-state index in [0.29, 0.717) is 12.4 Å². The second kappa shape index (κ2) is 6.07. The monoisotopic (exact) mass is 224 g/mol.